The number of ether oxygens (including phenoxy) is 1. The average Bonchev–Trinajstić information content (AvgIpc) is 2.98. The largest absolute Gasteiger partial charge is 0.481 e. The molecule has 1 rings (SSSR count). The molecular weight excluding hydrogens is 229 g/mol. The molecule has 0 aromatic rings. The molecule has 1 aliphatic rings. The standard InChI is InChI=1S/C11H18FNO4/c1-2-3-9(12)17-11(16)13-8(6-10(14)15)7-4-5-7/h7-9H,2-6H2,1H3,(H,13,16)(H,14,15). The summed E-state index contributed by atoms with van der Waals surface area (Å²) in [6.45, 7) is 1.78. The van der Waals surface area contributed by atoms with Gasteiger partial charge in [-0.3, -0.25) is 4.79 Å². The summed E-state index contributed by atoms with van der Waals surface area (Å²) in [6, 6.07) is -0.450. The number of nitrogens with one attached hydrogen (secondary N) is 1. The van der Waals surface area contributed by atoms with Crippen LogP contribution in [0.3, 0.4) is 0 Å². The van der Waals surface area contributed by atoms with E-state index in [4.69, 9.17) is 5.11 Å². The van der Waals surface area contributed by atoms with E-state index in [1.165, 1.54) is 0 Å². The monoisotopic (exact) mass is 247 g/mol. The van der Waals surface area contributed by atoms with E-state index >= 15 is 0 Å². The molecule has 2 N–H and O–H groups in total. The number of carbonyl (C=O) groups is 2. The number of hydrogen-bond acceptors (Lipinski definition) is 3. The Morgan fingerprint density at radius 2 is 2.18 bits per heavy atom. The normalized spacial score (nSPS) is 18.2. The van der Waals surface area contributed by atoms with Crippen molar-refractivity contribution in [2.75, 3.05) is 0 Å². The Kier molecular flexibility index (Phi) is 5.18. The van der Waals surface area contributed by atoms with Gasteiger partial charge in [-0.15, -0.1) is 0 Å². The molecule has 2 unspecified atom stereocenters. The molecule has 0 aliphatic heterocycles. The van der Waals surface area contributed by atoms with Crippen molar-refractivity contribution in [1.29, 1.82) is 0 Å². The van der Waals surface area contributed by atoms with Gasteiger partial charge in [0.25, 0.3) is 0 Å². The van der Waals surface area contributed by atoms with E-state index in [9.17, 15) is 14.0 Å². The summed E-state index contributed by atoms with van der Waals surface area (Å²) in [4.78, 5) is 21.9. The molecule has 0 aromatic heterocycles. The van der Waals surface area contributed by atoms with Gasteiger partial charge in [0, 0.05) is 12.5 Å². The fourth-order valence-corrected chi connectivity index (χ4v) is 1.61. The van der Waals surface area contributed by atoms with Crippen LogP contribution in [-0.4, -0.2) is 29.6 Å². The maximum Gasteiger partial charge on any atom is 0.409 e. The second-order valence-electron chi connectivity index (χ2n) is 4.29. The van der Waals surface area contributed by atoms with Crippen LogP contribution in [0.1, 0.15) is 39.0 Å². The number of rotatable bonds is 7. The van der Waals surface area contributed by atoms with E-state index in [0.717, 1.165) is 12.8 Å². The smallest absolute Gasteiger partial charge is 0.409 e. The van der Waals surface area contributed by atoms with Crippen LogP contribution in [0.4, 0.5) is 9.18 Å². The molecule has 1 aliphatic carbocycles. The maximum absolute atomic E-state index is 13.0. The number of carboxylic acids is 1. The van der Waals surface area contributed by atoms with Gasteiger partial charge in [0.15, 0.2) is 0 Å². The molecular formula is C11H18FNO4. The zero-order valence-electron chi connectivity index (χ0n) is 9.82. The van der Waals surface area contributed by atoms with Crippen molar-refractivity contribution in [2.24, 2.45) is 5.92 Å². The SMILES string of the molecule is CCCC(F)OC(=O)NC(CC(=O)O)C1CC1. The summed E-state index contributed by atoms with van der Waals surface area (Å²) in [6.07, 6.45) is -0.118. The van der Waals surface area contributed by atoms with E-state index in [-0.39, 0.29) is 18.8 Å². The number of hydrogen-bond donors (Lipinski definition) is 2. The molecule has 6 heteroatoms. The van der Waals surface area contributed by atoms with Crippen LogP contribution in [0, 0.1) is 5.92 Å². The minimum Gasteiger partial charge on any atom is -0.481 e. The van der Waals surface area contributed by atoms with Crippen LogP contribution in [-0.2, 0) is 9.53 Å². The van der Waals surface area contributed by atoms with Crippen molar-refractivity contribution >= 4 is 12.1 Å². The van der Waals surface area contributed by atoms with Crippen LogP contribution in [0.2, 0.25) is 0 Å². The minimum absolute atomic E-state index is 0.148. The molecule has 98 valence electrons. The molecule has 1 amide bonds. The molecule has 0 saturated heterocycles. The van der Waals surface area contributed by atoms with E-state index in [2.05, 4.69) is 10.1 Å². The molecule has 0 aromatic carbocycles. The fraction of sp³-hybridized carbons (Fsp3) is 0.818. The third-order valence-electron chi connectivity index (χ3n) is 2.64. The highest BCUT2D eigenvalue weighted by Crippen LogP contribution is 2.34. The molecule has 0 radical (unpaired) electrons. The summed E-state index contributed by atoms with van der Waals surface area (Å²) in [5, 5.41) is 11.1. The summed E-state index contributed by atoms with van der Waals surface area (Å²) in [5.74, 6) is -0.796. The predicted octanol–water partition coefficient (Wildman–Crippen LogP) is 2.06. The van der Waals surface area contributed by atoms with Gasteiger partial charge < -0.3 is 15.2 Å². The molecule has 1 saturated carbocycles. The van der Waals surface area contributed by atoms with Crippen molar-refractivity contribution in [3.05, 3.63) is 0 Å². The van der Waals surface area contributed by atoms with E-state index in [1.807, 2.05) is 0 Å². The number of carbonyl (C=O) groups excluding carboxylic acids is 1. The molecule has 5 nitrogen and oxygen atoms in total. The Hall–Kier alpha value is -1.33. The fourth-order valence-electron chi connectivity index (χ4n) is 1.61. The lowest BCUT2D eigenvalue weighted by molar-refractivity contribution is -0.137. The number of amides is 1. The van der Waals surface area contributed by atoms with Crippen LogP contribution >= 0.6 is 0 Å². The lowest BCUT2D eigenvalue weighted by atomic mass is 10.1. The molecule has 0 heterocycles. The first-order chi connectivity index (χ1) is 8.02. The highest BCUT2D eigenvalue weighted by atomic mass is 19.1. The van der Waals surface area contributed by atoms with Crippen LogP contribution in [0.5, 0.6) is 0 Å². The number of alkyl halides is 1. The number of alkyl carbamates (subject to hydrolysis) is 1. The molecule has 2 atom stereocenters. The molecule has 0 bridgehead atoms. The highest BCUT2D eigenvalue weighted by molar-refractivity contribution is 5.71. The number of halogens is 1. The Labute approximate surface area is 99.3 Å². The van der Waals surface area contributed by atoms with Crippen molar-refractivity contribution in [3.8, 4) is 0 Å². The average molecular weight is 247 g/mol. The molecule has 0 spiro atoms. The lowest BCUT2D eigenvalue weighted by Crippen LogP contribution is -2.39. The minimum atomic E-state index is -1.62. The Balaban J connectivity index is 2.33. The van der Waals surface area contributed by atoms with Gasteiger partial charge in [-0.25, -0.2) is 9.18 Å². The van der Waals surface area contributed by atoms with Crippen molar-refractivity contribution in [2.45, 2.75) is 51.4 Å². The molecule has 17 heavy (non-hydrogen) atoms. The first-order valence-electron chi connectivity index (χ1n) is 5.86. The summed E-state index contributed by atoms with van der Waals surface area (Å²) < 4.78 is 17.5. The van der Waals surface area contributed by atoms with Crippen molar-refractivity contribution in [3.63, 3.8) is 0 Å². The first kappa shape index (κ1) is 13.7. The van der Waals surface area contributed by atoms with Gasteiger partial charge in [0.2, 0.25) is 6.36 Å². The number of aliphatic carboxylic acids is 1. The van der Waals surface area contributed by atoms with Gasteiger partial charge in [-0.1, -0.05) is 6.92 Å². The van der Waals surface area contributed by atoms with E-state index in [1.54, 1.807) is 6.92 Å². The second kappa shape index (κ2) is 6.42. The topological polar surface area (TPSA) is 75.6 Å². The van der Waals surface area contributed by atoms with Crippen LogP contribution in [0.15, 0.2) is 0 Å². The van der Waals surface area contributed by atoms with Crippen molar-refractivity contribution < 1.29 is 23.8 Å². The maximum atomic E-state index is 13.0. The first-order valence-corrected chi connectivity index (χ1v) is 5.86. The third kappa shape index (κ3) is 5.51. The second-order valence-corrected chi connectivity index (χ2v) is 4.29. The summed E-state index contributed by atoms with van der Waals surface area (Å²) >= 11 is 0. The Morgan fingerprint density at radius 1 is 1.53 bits per heavy atom. The third-order valence-corrected chi connectivity index (χ3v) is 2.64. The van der Waals surface area contributed by atoms with Crippen molar-refractivity contribution in [1.82, 2.24) is 5.32 Å². The zero-order valence-corrected chi connectivity index (χ0v) is 9.82. The van der Waals surface area contributed by atoms with Crippen LogP contribution < -0.4 is 5.32 Å². The quantitative estimate of drug-likeness (QED) is 0.722. The van der Waals surface area contributed by atoms with E-state index < -0.39 is 24.5 Å². The summed E-state index contributed by atoms with van der Waals surface area (Å²) in [7, 11) is 0. The Bertz CT molecular complexity index is 281. The van der Waals surface area contributed by atoms with Gasteiger partial charge in [0.1, 0.15) is 0 Å². The summed E-state index contributed by atoms with van der Waals surface area (Å²) in [5.41, 5.74) is 0. The Morgan fingerprint density at radius 3 is 2.65 bits per heavy atom. The highest BCUT2D eigenvalue weighted by Gasteiger charge is 2.34. The van der Waals surface area contributed by atoms with Gasteiger partial charge in [0.05, 0.1) is 6.42 Å². The van der Waals surface area contributed by atoms with Gasteiger partial charge in [-0.2, -0.15) is 0 Å². The van der Waals surface area contributed by atoms with E-state index in [0.29, 0.717) is 6.42 Å². The number of carboxylic acid groups (broad SMARTS) is 1. The zero-order chi connectivity index (χ0) is 12.8. The van der Waals surface area contributed by atoms with Gasteiger partial charge in [-0.05, 0) is 25.2 Å². The van der Waals surface area contributed by atoms with Crippen LogP contribution in [0.25, 0.3) is 0 Å². The molecule has 1 fully saturated rings. The lowest BCUT2D eigenvalue weighted by Gasteiger charge is -2.17. The predicted molar refractivity (Wildman–Crippen MR) is 58.2 cm³/mol. The van der Waals surface area contributed by atoms with Gasteiger partial charge >= 0.3 is 12.1 Å².